The third-order valence-corrected chi connectivity index (χ3v) is 4.95. The molecule has 0 heterocycles. The van der Waals surface area contributed by atoms with E-state index in [0.717, 1.165) is 25.8 Å². The maximum absolute atomic E-state index is 12.0. The van der Waals surface area contributed by atoms with Gasteiger partial charge in [-0.3, -0.25) is 4.79 Å². The zero-order valence-electron chi connectivity index (χ0n) is 18.6. The van der Waals surface area contributed by atoms with E-state index in [1.807, 2.05) is 6.92 Å². The summed E-state index contributed by atoms with van der Waals surface area (Å²) in [5.41, 5.74) is 0.702. The lowest BCUT2D eigenvalue weighted by Crippen LogP contribution is -2.34. The first kappa shape index (κ1) is 25.9. The molecule has 0 saturated heterocycles. The first-order chi connectivity index (χ1) is 12.9. The van der Waals surface area contributed by atoms with Crippen molar-refractivity contribution >= 4 is 5.97 Å². The van der Waals surface area contributed by atoms with Crippen LogP contribution in [0.2, 0.25) is 0 Å². The SMILES string of the molecule is C=CC(C)(CCC=C(C)C)OC(=O)CNCCCCCCCCCCCC. The van der Waals surface area contributed by atoms with Gasteiger partial charge in [0.1, 0.15) is 5.60 Å². The van der Waals surface area contributed by atoms with Gasteiger partial charge in [-0.05, 0) is 52.7 Å². The van der Waals surface area contributed by atoms with Crippen molar-refractivity contribution in [1.29, 1.82) is 0 Å². The molecule has 0 spiro atoms. The summed E-state index contributed by atoms with van der Waals surface area (Å²) in [6.07, 6.45) is 18.9. The number of carbonyl (C=O) groups is 1. The molecular weight excluding hydrogens is 334 g/mol. The minimum absolute atomic E-state index is 0.193. The molecule has 0 fully saturated rings. The standard InChI is InChI=1S/C24H45NO2/c1-6-8-9-10-11-12-13-14-15-16-20-25-21-23(26)27-24(5,7-2)19-17-18-22(3)4/h7,18,25H,2,6,8-17,19-21H2,1,3-5H3. The van der Waals surface area contributed by atoms with Crippen molar-refractivity contribution in [3.05, 3.63) is 24.3 Å². The number of hydrogen-bond acceptors (Lipinski definition) is 3. The summed E-state index contributed by atoms with van der Waals surface area (Å²) in [5.74, 6) is -0.193. The van der Waals surface area contributed by atoms with E-state index in [9.17, 15) is 4.79 Å². The Morgan fingerprint density at radius 1 is 1.00 bits per heavy atom. The predicted octanol–water partition coefficient (Wildman–Crippen LogP) is 6.73. The summed E-state index contributed by atoms with van der Waals surface area (Å²) in [6.45, 7) is 13.3. The lowest BCUT2D eigenvalue weighted by Gasteiger charge is -2.25. The molecule has 0 amide bonds. The second-order valence-corrected chi connectivity index (χ2v) is 8.17. The lowest BCUT2D eigenvalue weighted by molar-refractivity contribution is -0.153. The molecule has 3 nitrogen and oxygen atoms in total. The van der Waals surface area contributed by atoms with Crippen LogP contribution < -0.4 is 5.32 Å². The average molecular weight is 380 g/mol. The molecule has 1 unspecified atom stereocenters. The van der Waals surface area contributed by atoms with E-state index >= 15 is 0 Å². The molecule has 0 aliphatic heterocycles. The Hall–Kier alpha value is -1.09. The van der Waals surface area contributed by atoms with Crippen LogP contribution in [0.4, 0.5) is 0 Å². The van der Waals surface area contributed by atoms with Crippen LogP contribution in [0.5, 0.6) is 0 Å². The van der Waals surface area contributed by atoms with E-state index in [2.05, 4.69) is 38.7 Å². The molecule has 0 aromatic carbocycles. The molecule has 0 aromatic rings. The molecule has 0 aliphatic carbocycles. The fourth-order valence-corrected chi connectivity index (χ4v) is 3.07. The Kier molecular flexibility index (Phi) is 16.4. The van der Waals surface area contributed by atoms with E-state index < -0.39 is 5.60 Å². The number of rotatable bonds is 18. The number of carbonyl (C=O) groups excluding carboxylic acids is 1. The third-order valence-electron chi connectivity index (χ3n) is 4.95. The molecule has 0 rings (SSSR count). The summed E-state index contributed by atoms with van der Waals surface area (Å²) in [6, 6.07) is 0. The molecule has 1 atom stereocenters. The summed E-state index contributed by atoms with van der Waals surface area (Å²) in [7, 11) is 0. The minimum atomic E-state index is -0.582. The Bertz CT molecular complexity index is 413. The van der Waals surface area contributed by atoms with Gasteiger partial charge >= 0.3 is 5.97 Å². The van der Waals surface area contributed by atoms with Crippen molar-refractivity contribution in [2.75, 3.05) is 13.1 Å². The molecule has 0 bridgehead atoms. The molecule has 3 heteroatoms. The van der Waals surface area contributed by atoms with Gasteiger partial charge in [-0.25, -0.2) is 0 Å². The topological polar surface area (TPSA) is 38.3 Å². The molecular formula is C24H45NO2. The van der Waals surface area contributed by atoms with E-state index in [0.29, 0.717) is 0 Å². The maximum atomic E-state index is 12.0. The summed E-state index contributed by atoms with van der Waals surface area (Å²) >= 11 is 0. The Morgan fingerprint density at radius 2 is 1.56 bits per heavy atom. The first-order valence-electron chi connectivity index (χ1n) is 11.1. The van der Waals surface area contributed by atoms with Crippen LogP contribution in [0.1, 0.15) is 105 Å². The number of unbranched alkanes of at least 4 members (excludes halogenated alkanes) is 9. The van der Waals surface area contributed by atoms with Crippen molar-refractivity contribution in [1.82, 2.24) is 5.32 Å². The summed E-state index contributed by atoms with van der Waals surface area (Å²) < 4.78 is 5.62. The van der Waals surface area contributed by atoms with E-state index in [-0.39, 0.29) is 12.5 Å². The molecule has 158 valence electrons. The number of hydrogen-bond donors (Lipinski definition) is 1. The maximum Gasteiger partial charge on any atom is 0.320 e. The Balaban J connectivity index is 3.64. The number of allylic oxidation sites excluding steroid dienone is 2. The third kappa shape index (κ3) is 16.8. The summed E-state index contributed by atoms with van der Waals surface area (Å²) in [5, 5.41) is 3.21. The molecule has 0 saturated carbocycles. The minimum Gasteiger partial charge on any atom is -0.454 e. The fourth-order valence-electron chi connectivity index (χ4n) is 3.07. The molecule has 1 N–H and O–H groups in total. The van der Waals surface area contributed by atoms with Crippen LogP contribution in [-0.4, -0.2) is 24.7 Å². The fraction of sp³-hybridized carbons (Fsp3) is 0.792. The van der Waals surface area contributed by atoms with Crippen LogP contribution >= 0.6 is 0 Å². The Morgan fingerprint density at radius 3 is 2.07 bits per heavy atom. The van der Waals surface area contributed by atoms with Gasteiger partial charge in [-0.2, -0.15) is 0 Å². The predicted molar refractivity (Wildman–Crippen MR) is 118 cm³/mol. The van der Waals surface area contributed by atoms with E-state index in [1.165, 1.54) is 63.4 Å². The normalized spacial score (nSPS) is 13.0. The van der Waals surface area contributed by atoms with Crippen LogP contribution in [0.15, 0.2) is 24.3 Å². The number of nitrogens with one attached hydrogen (secondary N) is 1. The first-order valence-corrected chi connectivity index (χ1v) is 11.1. The van der Waals surface area contributed by atoms with Gasteiger partial charge in [0.25, 0.3) is 0 Å². The van der Waals surface area contributed by atoms with E-state index in [4.69, 9.17) is 4.74 Å². The monoisotopic (exact) mass is 379 g/mol. The second-order valence-electron chi connectivity index (χ2n) is 8.17. The summed E-state index contributed by atoms with van der Waals surface area (Å²) in [4.78, 5) is 12.0. The highest BCUT2D eigenvalue weighted by Gasteiger charge is 2.24. The van der Waals surface area contributed by atoms with Gasteiger partial charge in [0, 0.05) is 0 Å². The average Bonchev–Trinajstić information content (AvgIpc) is 2.62. The number of esters is 1. The highest BCUT2D eigenvalue weighted by atomic mass is 16.6. The van der Waals surface area contributed by atoms with Crippen LogP contribution in [0.25, 0.3) is 0 Å². The highest BCUT2D eigenvalue weighted by molar-refractivity contribution is 5.72. The van der Waals surface area contributed by atoms with Gasteiger partial charge in [0.2, 0.25) is 0 Å². The molecule has 27 heavy (non-hydrogen) atoms. The highest BCUT2D eigenvalue weighted by Crippen LogP contribution is 2.20. The van der Waals surface area contributed by atoms with Gasteiger partial charge in [0.05, 0.1) is 6.54 Å². The molecule has 0 radical (unpaired) electrons. The molecule has 0 aromatic heterocycles. The quantitative estimate of drug-likeness (QED) is 0.163. The van der Waals surface area contributed by atoms with Crippen LogP contribution in [0, 0.1) is 0 Å². The van der Waals surface area contributed by atoms with Crippen molar-refractivity contribution in [3.63, 3.8) is 0 Å². The Labute approximate surface area is 169 Å². The largest absolute Gasteiger partial charge is 0.454 e. The smallest absolute Gasteiger partial charge is 0.320 e. The lowest BCUT2D eigenvalue weighted by atomic mass is 9.99. The van der Waals surface area contributed by atoms with Crippen molar-refractivity contribution in [2.45, 2.75) is 110 Å². The van der Waals surface area contributed by atoms with E-state index in [1.54, 1.807) is 6.08 Å². The van der Waals surface area contributed by atoms with Crippen molar-refractivity contribution in [2.24, 2.45) is 0 Å². The van der Waals surface area contributed by atoms with Gasteiger partial charge < -0.3 is 10.1 Å². The van der Waals surface area contributed by atoms with Gasteiger partial charge in [-0.1, -0.05) is 82.9 Å². The van der Waals surface area contributed by atoms with Crippen LogP contribution in [-0.2, 0) is 9.53 Å². The zero-order chi connectivity index (χ0) is 20.4. The van der Waals surface area contributed by atoms with Crippen molar-refractivity contribution < 1.29 is 9.53 Å². The molecule has 0 aliphatic rings. The van der Waals surface area contributed by atoms with Crippen molar-refractivity contribution in [3.8, 4) is 0 Å². The van der Waals surface area contributed by atoms with Gasteiger partial charge in [0.15, 0.2) is 0 Å². The van der Waals surface area contributed by atoms with Gasteiger partial charge in [-0.15, -0.1) is 0 Å². The second kappa shape index (κ2) is 17.0. The number of ether oxygens (including phenoxy) is 1. The van der Waals surface area contributed by atoms with Crippen LogP contribution in [0.3, 0.4) is 0 Å². The zero-order valence-corrected chi connectivity index (χ0v) is 18.6.